The van der Waals surface area contributed by atoms with Crippen molar-refractivity contribution in [3.63, 3.8) is 0 Å². The van der Waals surface area contributed by atoms with Crippen molar-refractivity contribution in [1.82, 2.24) is 19.7 Å². The van der Waals surface area contributed by atoms with Crippen molar-refractivity contribution in [1.29, 1.82) is 0 Å². The van der Waals surface area contributed by atoms with Crippen LogP contribution >= 0.6 is 0 Å². The van der Waals surface area contributed by atoms with Gasteiger partial charge in [0.1, 0.15) is 0 Å². The molecule has 7 heteroatoms. The maximum Gasteiger partial charge on any atom is 0.434 e. The minimum absolute atomic E-state index is 0.0820. The fourth-order valence-corrected chi connectivity index (χ4v) is 4.90. The van der Waals surface area contributed by atoms with Crippen LogP contribution in [0.5, 0.6) is 0 Å². The highest BCUT2D eigenvalue weighted by Crippen LogP contribution is 2.35. The molecule has 5 rings (SSSR count). The van der Waals surface area contributed by atoms with E-state index in [1.54, 1.807) is 12.4 Å². The van der Waals surface area contributed by atoms with Crippen LogP contribution in [0.1, 0.15) is 67.2 Å². The van der Waals surface area contributed by atoms with Crippen molar-refractivity contribution in [2.45, 2.75) is 71.9 Å². The lowest BCUT2D eigenvalue weighted by Crippen LogP contribution is -2.44. The van der Waals surface area contributed by atoms with Crippen LogP contribution in [0.15, 0.2) is 48.8 Å². The molecule has 1 amide bonds. The molecule has 7 nitrogen and oxygen atoms in total. The summed E-state index contributed by atoms with van der Waals surface area (Å²) in [6.07, 6.45) is 7.49. The second kappa shape index (κ2) is 9.52. The van der Waals surface area contributed by atoms with Gasteiger partial charge in [0.2, 0.25) is 0 Å². The Morgan fingerprint density at radius 2 is 1.92 bits per heavy atom. The van der Waals surface area contributed by atoms with Crippen molar-refractivity contribution in [2.24, 2.45) is 5.41 Å². The third-order valence-electron chi connectivity index (χ3n) is 6.85. The average Bonchev–Trinajstić information content (AvgIpc) is 3.59. The summed E-state index contributed by atoms with van der Waals surface area (Å²) in [5.74, 6) is 0.0820. The highest BCUT2D eigenvalue weighted by atomic mass is 16.6. The second-order valence-electron chi connectivity index (χ2n) is 11.2. The number of aryl methyl sites for hydroxylation is 2. The van der Waals surface area contributed by atoms with Gasteiger partial charge in [-0.3, -0.25) is 9.78 Å². The van der Waals surface area contributed by atoms with E-state index in [4.69, 9.17) is 4.74 Å². The van der Waals surface area contributed by atoms with Crippen LogP contribution in [0.2, 0.25) is 0 Å². The molecule has 0 bridgehead atoms. The molecule has 3 aromatic rings. The summed E-state index contributed by atoms with van der Waals surface area (Å²) in [4.78, 5) is 32.8. The summed E-state index contributed by atoms with van der Waals surface area (Å²) in [7, 11) is 0. The molecule has 0 radical (unpaired) electrons. The Hall–Kier alpha value is -3.48. The van der Waals surface area contributed by atoms with E-state index < -0.39 is 6.09 Å². The van der Waals surface area contributed by atoms with Crippen LogP contribution in [-0.2, 0) is 17.6 Å². The maximum atomic E-state index is 13.7. The summed E-state index contributed by atoms with van der Waals surface area (Å²) in [5.41, 5.74) is 5.55. The van der Waals surface area contributed by atoms with Gasteiger partial charge in [-0.15, -0.1) is 0 Å². The molecule has 2 aliphatic rings. The molecule has 188 valence electrons. The summed E-state index contributed by atoms with van der Waals surface area (Å²) in [6.45, 7) is 8.44. The van der Waals surface area contributed by atoms with E-state index in [0.29, 0.717) is 18.6 Å². The molecule has 0 spiro atoms. The molecule has 1 fully saturated rings. The van der Waals surface area contributed by atoms with Crippen LogP contribution in [0.3, 0.4) is 0 Å². The van der Waals surface area contributed by atoms with Gasteiger partial charge in [0.25, 0.3) is 5.91 Å². The first kappa shape index (κ1) is 24.2. The molecule has 2 aliphatic carbocycles. The molecule has 0 aliphatic heterocycles. The standard InChI is InChI=1S/C29H34N4O3/c1-19-15-20(8-12-24(19)26-7-5-6-14-30-26)27(34)33(22-9-10-22)23-11-13-25-21(16-23)17-32(31-25)28(35)36-18-29(2,3)4/h5-8,12,14-15,17,22-23H,9-11,13,16,18H2,1-4H3. The van der Waals surface area contributed by atoms with Gasteiger partial charge in [-0.05, 0) is 79.8 Å². The number of hydrogen-bond acceptors (Lipinski definition) is 5. The molecular weight excluding hydrogens is 452 g/mol. The number of aromatic nitrogens is 3. The molecule has 1 unspecified atom stereocenters. The summed E-state index contributed by atoms with van der Waals surface area (Å²) in [6, 6.07) is 12.1. The van der Waals surface area contributed by atoms with Crippen molar-refractivity contribution in [2.75, 3.05) is 6.61 Å². The highest BCUT2D eigenvalue weighted by Gasteiger charge is 2.39. The van der Waals surface area contributed by atoms with E-state index in [-0.39, 0.29) is 23.4 Å². The van der Waals surface area contributed by atoms with Gasteiger partial charge in [-0.25, -0.2) is 4.79 Å². The Morgan fingerprint density at radius 1 is 1.11 bits per heavy atom. The van der Waals surface area contributed by atoms with Gasteiger partial charge in [-0.2, -0.15) is 9.78 Å². The first-order valence-corrected chi connectivity index (χ1v) is 12.8. The molecule has 2 aromatic heterocycles. The van der Waals surface area contributed by atoms with E-state index in [1.807, 2.05) is 64.1 Å². The SMILES string of the molecule is Cc1cc(C(=O)N(C2CC2)C2CCc3nn(C(=O)OCC(C)(C)C)cc3C2)ccc1-c1ccccn1. The topological polar surface area (TPSA) is 77.3 Å². The van der Waals surface area contributed by atoms with Crippen LogP contribution in [-0.4, -0.2) is 50.4 Å². The smallest absolute Gasteiger partial charge is 0.434 e. The zero-order valence-corrected chi connectivity index (χ0v) is 21.5. The maximum absolute atomic E-state index is 13.7. The Morgan fingerprint density at radius 3 is 2.58 bits per heavy atom. The summed E-state index contributed by atoms with van der Waals surface area (Å²) in [5, 5.41) is 4.49. The predicted molar refractivity (Wildman–Crippen MR) is 138 cm³/mol. The Balaban J connectivity index is 1.32. The first-order chi connectivity index (χ1) is 17.2. The lowest BCUT2D eigenvalue weighted by molar-refractivity contribution is 0.0642. The molecule has 1 atom stereocenters. The minimum Gasteiger partial charge on any atom is -0.447 e. The molecule has 1 saturated carbocycles. The van der Waals surface area contributed by atoms with Crippen molar-refractivity contribution in [3.8, 4) is 11.3 Å². The Kier molecular flexibility index (Phi) is 6.41. The van der Waals surface area contributed by atoms with Crippen LogP contribution in [0, 0.1) is 12.3 Å². The summed E-state index contributed by atoms with van der Waals surface area (Å²) >= 11 is 0. The third kappa shape index (κ3) is 5.20. The number of carbonyl (C=O) groups is 2. The number of amides is 1. The molecule has 0 N–H and O–H groups in total. The van der Waals surface area contributed by atoms with Gasteiger partial charge < -0.3 is 9.64 Å². The van der Waals surface area contributed by atoms with Crippen molar-refractivity contribution in [3.05, 3.63) is 71.2 Å². The van der Waals surface area contributed by atoms with Gasteiger partial charge in [0.15, 0.2) is 0 Å². The van der Waals surface area contributed by atoms with E-state index in [0.717, 1.165) is 53.8 Å². The van der Waals surface area contributed by atoms with Gasteiger partial charge in [-0.1, -0.05) is 32.9 Å². The molecule has 0 saturated heterocycles. The normalized spacial score (nSPS) is 17.4. The number of ether oxygens (including phenoxy) is 1. The monoisotopic (exact) mass is 486 g/mol. The number of hydrogen-bond donors (Lipinski definition) is 0. The van der Waals surface area contributed by atoms with Gasteiger partial charge in [0.05, 0.1) is 18.0 Å². The van der Waals surface area contributed by atoms with Crippen molar-refractivity contribution >= 4 is 12.0 Å². The van der Waals surface area contributed by atoms with Crippen LogP contribution in [0.4, 0.5) is 4.79 Å². The molecule has 2 heterocycles. The number of carbonyl (C=O) groups excluding carboxylic acids is 2. The minimum atomic E-state index is -0.450. The lowest BCUT2D eigenvalue weighted by atomic mass is 9.91. The molecule has 36 heavy (non-hydrogen) atoms. The van der Waals surface area contributed by atoms with Gasteiger partial charge in [0, 0.05) is 35.6 Å². The van der Waals surface area contributed by atoms with Gasteiger partial charge >= 0.3 is 6.09 Å². The third-order valence-corrected chi connectivity index (χ3v) is 6.85. The van der Waals surface area contributed by atoms with E-state index in [9.17, 15) is 9.59 Å². The van der Waals surface area contributed by atoms with E-state index in [1.165, 1.54) is 4.68 Å². The fraction of sp³-hybridized carbons (Fsp3) is 0.448. The lowest BCUT2D eigenvalue weighted by Gasteiger charge is -2.34. The second-order valence-corrected chi connectivity index (χ2v) is 11.2. The number of rotatable bonds is 5. The van der Waals surface area contributed by atoms with Crippen LogP contribution < -0.4 is 0 Å². The molecule has 1 aromatic carbocycles. The quantitative estimate of drug-likeness (QED) is 0.479. The number of fused-ring (bicyclic) bond motifs is 1. The highest BCUT2D eigenvalue weighted by molar-refractivity contribution is 5.95. The average molecular weight is 487 g/mol. The number of pyridine rings is 1. The number of benzene rings is 1. The van der Waals surface area contributed by atoms with E-state index >= 15 is 0 Å². The number of nitrogens with zero attached hydrogens (tertiary/aromatic N) is 4. The Bertz CT molecular complexity index is 1270. The largest absolute Gasteiger partial charge is 0.447 e. The Labute approximate surface area is 212 Å². The zero-order valence-electron chi connectivity index (χ0n) is 21.5. The summed E-state index contributed by atoms with van der Waals surface area (Å²) < 4.78 is 6.76. The zero-order chi connectivity index (χ0) is 25.4. The van der Waals surface area contributed by atoms with Crippen molar-refractivity contribution < 1.29 is 14.3 Å². The predicted octanol–water partition coefficient (Wildman–Crippen LogP) is 5.45. The van der Waals surface area contributed by atoms with Crippen LogP contribution in [0.25, 0.3) is 11.3 Å². The van der Waals surface area contributed by atoms with E-state index in [2.05, 4.69) is 15.0 Å². The molecular formula is C29H34N4O3. The fourth-order valence-electron chi connectivity index (χ4n) is 4.90. The first-order valence-electron chi connectivity index (χ1n) is 12.8.